The van der Waals surface area contributed by atoms with Crippen LogP contribution in [-0.4, -0.2) is 82.0 Å². The zero-order valence-corrected chi connectivity index (χ0v) is 24.7. The molecule has 2 aliphatic rings. The van der Waals surface area contributed by atoms with Crippen LogP contribution in [0.1, 0.15) is 54.0 Å². The van der Waals surface area contributed by atoms with Gasteiger partial charge in [0.05, 0.1) is 31.3 Å². The first-order valence-electron chi connectivity index (χ1n) is 14.7. The van der Waals surface area contributed by atoms with Crippen LogP contribution in [0.2, 0.25) is 0 Å². The van der Waals surface area contributed by atoms with Crippen molar-refractivity contribution in [2.75, 3.05) is 32.8 Å². The molecule has 0 saturated carbocycles. The summed E-state index contributed by atoms with van der Waals surface area (Å²) in [6, 6.07) is 14.0. The van der Waals surface area contributed by atoms with Crippen molar-refractivity contribution in [3.05, 3.63) is 82.7 Å². The zero-order chi connectivity index (χ0) is 30.8. The van der Waals surface area contributed by atoms with Gasteiger partial charge in [-0.2, -0.15) is 0 Å². The highest BCUT2D eigenvalue weighted by Gasteiger charge is 2.37. The van der Waals surface area contributed by atoms with E-state index < -0.39 is 0 Å². The molecule has 43 heavy (non-hydrogen) atoms. The Morgan fingerprint density at radius 1 is 1.19 bits per heavy atom. The minimum Gasteiger partial charge on any atom is -0.494 e. The van der Waals surface area contributed by atoms with Crippen LogP contribution < -0.4 is 10.1 Å². The van der Waals surface area contributed by atoms with Gasteiger partial charge in [-0.15, -0.1) is 0 Å². The number of benzene rings is 2. The second-order valence-electron chi connectivity index (χ2n) is 10.9. The number of nitrogens with one attached hydrogen (secondary N) is 2. The summed E-state index contributed by atoms with van der Waals surface area (Å²) < 4.78 is 20.3. The number of carboxylic acid groups (broad SMARTS) is 1. The summed E-state index contributed by atoms with van der Waals surface area (Å²) in [6.45, 7) is 6.79. The molecule has 10 nitrogen and oxygen atoms in total. The molecule has 5 rings (SSSR count). The third-order valence-electron chi connectivity index (χ3n) is 7.85. The van der Waals surface area contributed by atoms with Gasteiger partial charge in [-0.1, -0.05) is 37.3 Å². The van der Waals surface area contributed by atoms with E-state index in [0.29, 0.717) is 31.8 Å². The summed E-state index contributed by atoms with van der Waals surface area (Å²) in [5.74, 6) is 1.01. The third kappa shape index (κ3) is 8.63. The van der Waals surface area contributed by atoms with Crippen LogP contribution >= 0.6 is 0 Å². The molecule has 1 saturated heterocycles. The van der Waals surface area contributed by atoms with Gasteiger partial charge in [0, 0.05) is 37.7 Å². The van der Waals surface area contributed by atoms with Gasteiger partial charge in [0.25, 0.3) is 6.47 Å². The number of hydrogen-bond donors (Lipinski definition) is 3. The van der Waals surface area contributed by atoms with E-state index in [2.05, 4.69) is 22.1 Å². The van der Waals surface area contributed by atoms with Crippen LogP contribution in [0.15, 0.2) is 48.5 Å². The number of aromatic nitrogens is 2. The van der Waals surface area contributed by atoms with Crippen molar-refractivity contribution in [1.82, 2.24) is 25.1 Å². The Morgan fingerprint density at radius 3 is 2.72 bits per heavy atom. The Labute approximate surface area is 251 Å². The SMILES string of the molecule is CCc1nc(CN2CCCCOc3cccc(c3)[C@H]3CN(C(=O)Cc4ccccc4F)C[C@@H]3NC(=O)C2)c(C)[nH]1.O=CO. The van der Waals surface area contributed by atoms with Gasteiger partial charge in [0.2, 0.25) is 11.8 Å². The van der Waals surface area contributed by atoms with Crippen molar-refractivity contribution < 1.29 is 28.6 Å². The second-order valence-corrected chi connectivity index (χ2v) is 10.9. The molecule has 2 aliphatic heterocycles. The number of likely N-dealkylation sites (tertiary alicyclic amines) is 1. The molecule has 1 fully saturated rings. The lowest BCUT2D eigenvalue weighted by Crippen LogP contribution is -2.45. The highest BCUT2D eigenvalue weighted by atomic mass is 19.1. The lowest BCUT2D eigenvalue weighted by atomic mass is 9.94. The fourth-order valence-electron chi connectivity index (χ4n) is 5.64. The van der Waals surface area contributed by atoms with Crippen LogP contribution in [0.25, 0.3) is 0 Å². The molecule has 0 spiro atoms. The molecule has 230 valence electrons. The Balaban J connectivity index is 0.00000135. The van der Waals surface area contributed by atoms with Gasteiger partial charge in [-0.05, 0) is 55.6 Å². The van der Waals surface area contributed by atoms with Gasteiger partial charge in [-0.25, -0.2) is 9.37 Å². The topological polar surface area (TPSA) is 128 Å². The van der Waals surface area contributed by atoms with Gasteiger partial charge in [-0.3, -0.25) is 19.3 Å². The Hall–Kier alpha value is -4.25. The van der Waals surface area contributed by atoms with Crippen molar-refractivity contribution in [3.63, 3.8) is 0 Å². The molecular formula is C32H40FN5O5. The number of carbonyl (C=O) groups excluding carboxylic acids is 2. The number of halogens is 1. The van der Waals surface area contributed by atoms with Crippen LogP contribution in [0.3, 0.4) is 0 Å². The highest BCUT2D eigenvalue weighted by Crippen LogP contribution is 2.31. The van der Waals surface area contributed by atoms with E-state index in [0.717, 1.165) is 54.3 Å². The van der Waals surface area contributed by atoms with E-state index >= 15 is 0 Å². The molecule has 2 aromatic carbocycles. The average molecular weight is 594 g/mol. The standard InChI is InChI=1S/C31H38FN5O3.CH2O2/c1-3-29-33-21(2)27(34-29)18-36-13-6-7-14-40-24-11-8-10-22(15-24)25-17-37(19-28(25)35-30(38)20-36)31(39)16-23-9-4-5-12-26(23)32;2-1-3/h4-5,8-12,15,25,28H,3,6-7,13-14,16-20H2,1-2H3,(H,33,34)(H,35,38);1H,(H,2,3)/t25-,28+;/m1./s1. The number of rotatable bonds is 5. The van der Waals surface area contributed by atoms with Crippen LogP contribution in [-0.2, 0) is 33.8 Å². The van der Waals surface area contributed by atoms with Crippen molar-refractivity contribution in [2.24, 2.45) is 0 Å². The first kappa shape index (κ1) is 31.7. The van der Waals surface area contributed by atoms with Gasteiger partial charge >= 0.3 is 0 Å². The lowest BCUT2D eigenvalue weighted by molar-refractivity contribution is -0.130. The van der Waals surface area contributed by atoms with E-state index in [4.69, 9.17) is 19.6 Å². The molecule has 2 amide bonds. The Bertz CT molecular complexity index is 1400. The normalized spacial score (nSPS) is 19.2. The predicted molar refractivity (Wildman–Crippen MR) is 159 cm³/mol. The monoisotopic (exact) mass is 593 g/mol. The number of aryl methyl sites for hydroxylation is 2. The summed E-state index contributed by atoms with van der Waals surface area (Å²) >= 11 is 0. The number of hydrogen-bond acceptors (Lipinski definition) is 6. The minimum absolute atomic E-state index is 0.0141. The summed E-state index contributed by atoms with van der Waals surface area (Å²) in [5, 5.41) is 10.1. The molecule has 0 unspecified atom stereocenters. The molecule has 2 bridgehead atoms. The van der Waals surface area contributed by atoms with E-state index in [1.807, 2.05) is 31.2 Å². The van der Waals surface area contributed by atoms with Crippen molar-refractivity contribution in [2.45, 2.75) is 58.0 Å². The molecule has 11 heteroatoms. The maximum absolute atomic E-state index is 14.3. The Kier molecular flexibility index (Phi) is 11.3. The molecule has 0 radical (unpaired) electrons. The molecular weight excluding hydrogens is 553 g/mol. The van der Waals surface area contributed by atoms with Gasteiger partial charge in [0.1, 0.15) is 17.4 Å². The van der Waals surface area contributed by atoms with E-state index in [1.165, 1.54) is 6.07 Å². The molecule has 3 N–H and O–H groups in total. The largest absolute Gasteiger partial charge is 0.494 e. The number of carbonyl (C=O) groups is 3. The number of imidazole rings is 1. The van der Waals surface area contributed by atoms with E-state index in [-0.39, 0.29) is 49.0 Å². The smallest absolute Gasteiger partial charge is 0.290 e. The second kappa shape index (κ2) is 15.3. The van der Waals surface area contributed by atoms with Crippen LogP contribution in [0.5, 0.6) is 5.75 Å². The molecule has 2 atom stereocenters. The maximum Gasteiger partial charge on any atom is 0.290 e. The van der Waals surface area contributed by atoms with Crippen LogP contribution in [0.4, 0.5) is 4.39 Å². The number of fused-ring (bicyclic) bond motifs is 4. The molecule has 3 heterocycles. The van der Waals surface area contributed by atoms with Crippen molar-refractivity contribution in [3.8, 4) is 5.75 Å². The number of ether oxygens (including phenoxy) is 1. The predicted octanol–water partition coefficient (Wildman–Crippen LogP) is 3.45. The highest BCUT2D eigenvalue weighted by molar-refractivity contribution is 5.81. The summed E-state index contributed by atoms with van der Waals surface area (Å²) in [6.07, 6.45) is 2.57. The lowest BCUT2D eigenvalue weighted by Gasteiger charge is -2.25. The average Bonchev–Trinajstić information content (AvgIpc) is 3.57. The maximum atomic E-state index is 14.3. The quantitative estimate of drug-likeness (QED) is 0.387. The fourth-order valence-corrected chi connectivity index (χ4v) is 5.64. The van der Waals surface area contributed by atoms with Crippen molar-refractivity contribution >= 4 is 18.3 Å². The van der Waals surface area contributed by atoms with Gasteiger partial charge in [0.15, 0.2) is 0 Å². The molecule has 3 aromatic rings. The number of aromatic amines is 1. The zero-order valence-electron chi connectivity index (χ0n) is 24.7. The summed E-state index contributed by atoms with van der Waals surface area (Å²) in [5.41, 5.74) is 3.37. The third-order valence-corrected chi connectivity index (χ3v) is 7.85. The van der Waals surface area contributed by atoms with Crippen molar-refractivity contribution in [1.29, 1.82) is 0 Å². The first-order chi connectivity index (χ1) is 20.8. The molecule has 1 aromatic heterocycles. The number of nitrogens with zero attached hydrogens (tertiary/aromatic N) is 3. The number of amides is 2. The van der Waals surface area contributed by atoms with Gasteiger partial charge < -0.3 is 25.0 Å². The fraction of sp³-hybridized carbons (Fsp3) is 0.438. The van der Waals surface area contributed by atoms with E-state index in [9.17, 15) is 14.0 Å². The molecule has 0 aliphatic carbocycles. The summed E-state index contributed by atoms with van der Waals surface area (Å²) in [7, 11) is 0. The number of H-pyrrole nitrogens is 1. The van der Waals surface area contributed by atoms with Crippen LogP contribution in [0, 0.1) is 12.7 Å². The van der Waals surface area contributed by atoms with E-state index in [1.54, 1.807) is 23.1 Å². The summed E-state index contributed by atoms with van der Waals surface area (Å²) in [4.78, 5) is 46.9. The minimum atomic E-state index is -0.384. The Morgan fingerprint density at radius 2 is 1.98 bits per heavy atom. The first-order valence-corrected chi connectivity index (χ1v) is 14.7.